The number of aryl methyl sites for hydroxylation is 1. The van der Waals surface area contributed by atoms with Gasteiger partial charge >= 0.3 is 0 Å². The van der Waals surface area contributed by atoms with Crippen LogP contribution < -0.4 is 10.1 Å². The van der Waals surface area contributed by atoms with Crippen molar-refractivity contribution in [2.24, 2.45) is 0 Å². The van der Waals surface area contributed by atoms with Crippen LogP contribution in [0.4, 0.5) is 0 Å². The summed E-state index contributed by atoms with van der Waals surface area (Å²) in [5.41, 5.74) is 4.02. The molecule has 29 heavy (non-hydrogen) atoms. The van der Waals surface area contributed by atoms with Crippen LogP contribution in [-0.4, -0.2) is 33.2 Å². The molecule has 0 aliphatic carbocycles. The molecule has 1 aliphatic heterocycles. The van der Waals surface area contributed by atoms with E-state index in [1.54, 1.807) is 12.1 Å². The molecule has 0 spiro atoms. The van der Waals surface area contributed by atoms with Gasteiger partial charge in [-0.05, 0) is 64.9 Å². The molecule has 0 saturated heterocycles. The van der Waals surface area contributed by atoms with E-state index in [0.717, 1.165) is 32.9 Å². The summed E-state index contributed by atoms with van der Waals surface area (Å²) in [6.45, 7) is 2.38. The molecular formula is C22H21NO4S2. The SMILES string of the molecule is Cc1ccsc1C(=O)NC[C@@H]1Cc2cc(-c3ccc(S(C)(=O)=O)cc3)ccc2O1. The van der Waals surface area contributed by atoms with E-state index in [9.17, 15) is 13.2 Å². The van der Waals surface area contributed by atoms with Gasteiger partial charge in [-0.15, -0.1) is 11.3 Å². The van der Waals surface area contributed by atoms with Crippen LogP contribution in [0.25, 0.3) is 11.1 Å². The molecular weight excluding hydrogens is 406 g/mol. The number of thiophene rings is 1. The number of ether oxygens (including phenoxy) is 1. The number of hydrogen-bond acceptors (Lipinski definition) is 5. The van der Waals surface area contributed by atoms with Gasteiger partial charge in [0, 0.05) is 12.7 Å². The fourth-order valence-corrected chi connectivity index (χ4v) is 4.87. The van der Waals surface area contributed by atoms with Gasteiger partial charge in [0.05, 0.1) is 16.3 Å². The third-order valence-electron chi connectivity index (χ3n) is 4.98. The van der Waals surface area contributed by atoms with Crippen LogP contribution in [0, 0.1) is 6.92 Å². The van der Waals surface area contributed by atoms with Crippen LogP contribution in [0.1, 0.15) is 20.8 Å². The topological polar surface area (TPSA) is 72.5 Å². The highest BCUT2D eigenvalue weighted by Crippen LogP contribution is 2.33. The molecule has 0 bridgehead atoms. The van der Waals surface area contributed by atoms with Crippen molar-refractivity contribution in [1.82, 2.24) is 5.32 Å². The monoisotopic (exact) mass is 427 g/mol. The zero-order valence-corrected chi connectivity index (χ0v) is 17.8. The maximum absolute atomic E-state index is 12.3. The lowest BCUT2D eigenvalue weighted by Crippen LogP contribution is -2.34. The second kappa shape index (κ2) is 7.65. The normalized spacial score (nSPS) is 15.6. The average molecular weight is 428 g/mol. The fraction of sp³-hybridized carbons (Fsp3) is 0.227. The Labute approximate surface area is 174 Å². The van der Waals surface area contributed by atoms with Gasteiger partial charge in [-0.25, -0.2) is 8.42 Å². The lowest BCUT2D eigenvalue weighted by Gasteiger charge is -2.11. The van der Waals surface area contributed by atoms with Gasteiger partial charge in [0.25, 0.3) is 5.91 Å². The number of carbonyl (C=O) groups is 1. The van der Waals surface area contributed by atoms with Gasteiger partial charge < -0.3 is 10.1 Å². The maximum atomic E-state index is 12.3. The largest absolute Gasteiger partial charge is 0.488 e. The number of amides is 1. The zero-order chi connectivity index (χ0) is 20.6. The number of sulfone groups is 1. The van der Waals surface area contributed by atoms with E-state index in [1.165, 1.54) is 17.6 Å². The van der Waals surface area contributed by atoms with E-state index in [0.29, 0.717) is 17.9 Å². The van der Waals surface area contributed by atoms with Gasteiger partial charge in [-0.3, -0.25) is 4.79 Å². The Bertz CT molecular complexity index is 1160. The third-order valence-corrected chi connectivity index (χ3v) is 7.12. The number of fused-ring (bicyclic) bond motifs is 1. The summed E-state index contributed by atoms with van der Waals surface area (Å²) in [6, 6.07) is 14.8. The minimum Gasteiger partial charge on any atom is -0.488 e. The Morgan fingerprint density at radius 1 is 1.14 bits per heavy atom. The average Bonchev–Trinajstić information content (AvgIpc) is 3.30. The number of hydrogen-bond donors (Lipinski definition) is 1. The number of carbonyl (C=O) groups excluding carboxylic acids is 1. The third kappa shape index (κ3) is 4.21. The number of nitrogens with one attached hydrogen (secondary N) is 1. The predicted molar refractivity (Wildman–Crippen MR) is 114 cm³/mol. The maximum Gasteiger partial charge on any atom is 0.261 e. The molecule has 1 aromatic heterocycles. The molecule has 0 fully saturated rings. The second-order valence-corrected chi connectivity index (χ2v) is 10.1. The summed E-state index contributed by atoms with van der Waals surface area (Å²) < 4.78 is 29.2. The van der Waals surface area contributed by atoms with Gasteiger partial charge in [0.2, 0.25) is 0 Å². The van der Waals surface area contributed by atoms with Crippen molar-refractivity contribution in [3.63, 3.8) is 0 Å². The van der Waals surface area contributed by atoms with E-state index in [2.05, 4.69) is 11.4 Å². The van der Waals surface area contributed by atoms with Crippen LogP contribution in [-0.2, 0) is 16.3 Å². The summed E-state index contributed by atoms with van der Waals surface area (Å²) in [5, 5.41) is 4.87. The Hall–Kier alpha value is -2.64. The second-order valence-electron chi connectivity index (χ2n) is 7.21. The van der Waals surface area contributed by atoms with E-state index < -0.39 is 9.84 Å². The molecule has 5 nitrogen and oxygen atoms in total. The highest BCUT2D eigenvalue weighted by Gasteiger charge is 2.24. The molecule has 7 heteroatoms. The number of rotatable bonds is 5. The van der Waals surface area contributed by atoms with Crippen LogP contribution in [0.3, 0.4) is 0 Å². The first-order valence-corrected chi connectivity index (χ1v) is 12.0. The van der Waals surface area contributed by atoms with Crippen molar-refractivity contribution >= 4 is 27.1 Å². The molecule has 0 saturated carbocycles. The summed E-state index contributed by atoms with van der Waals surface area (Å²) in [5.74, 6) is 0.761. The Kier molecular flexibility index (Phi) is 5.19. The molecule has 1 aliphatic rings. The minimum absolute atomic E-state index is 0.0660. The minimum atomic E-state index is -3.20. The molecule has 1 amide bonds. The van der Waals surface area contributed by atoms with E-state index in [4.69, 9.17) is 4.74 Å². The van der Waals surface area contributed by atoms with Crippen LogP contribution >= 0.6 is 11.3 Å². The van der Waals surface area contributed by atoms with Crippen molar-refractivity contribution in [3.8, 4) is 16.9 Å². The molecule has 150 valence electrons. The molecule has 0 unspecified atom stereocenters. The predicted octanol–water partition coefficient (Wildman–Crippen LogP) is 3.86. The zero-order valence-electron chi connectivity index (χ0n) is 16.1. The van der Waals surface area contributed by atoms with Gasteiger partial charge in [0.15, 0.2) is 9.84 Å². The molecule has 2 heterocycles. The lowest BCUT2D eigenvalue weighted by molar-refractivity contribution is 0.0937. The molecule has 1 N–H and O–H groups in total. The van der Waals surface area contributed by atoms with Gasteiger partial charge in [0.1, 0.15) is 11.9 Å². The highest BCUT2D eigenvalue weighted by molar-refractivity contribution is 7.90. The van der Waals surface area contributed by atoms with E-state index >= 15 is 0 Å². The molecule has 2 aromatic carbocycles. The van der Waals surface area contributed by atoms with Crippen LogP contribution in [0.2, 0.25) is 0 Å². The van der Waals surface area contributed by atoms with Gasteiger partial charge in [-0.2, -0.15) is 0 Å². The standard InChI is InChI=1S/C22H21NO4S2/c1-14-9-10-28-21(14)22(24)23-13-18-12-17-11-16(5-8-20(17)27-18)15-3-6-19(7-4-15)29(2,25)26/h3-11,18H,12-13H2,1-2H3,(H,23,24)/t18-/m0/s1. The van der Waals surface area contributed by atoms with Crippen molar-refractivity contribution in [2.75, 3.05) is 12.8 Å². The first-order chi connectivity index (χ1) is 13.8. The van der Waals surface area contributed by atoms with Crippen LogP contribution in [0.15, 0.2) is 58.8 Å². The van der Waals surface area contributed by atoms with Crippen molar-refractivity contribution in [2.45, 2.75) is 24.3 Å². The molecule has 4 rings (SSSR count). The summed E-state index contributed by atoms with van der Waals surface area (Å²) >= 11 is 1.44. The first kappa shape index (κ1) is 19.7. The number of benzene rings is 2. The van der Waals surface area contributed by atoms with E-state index in [1.807, 2.05) is 42.6 Å². The Morgan fingerprint density at radius 2 is 1.86 bits per heavy atom. The summed E-state index contributed by atoms with van der Waals surface area (Å²) in [7, 11) is -3.20. The van der Waals surface area contributed by atoms with Crippen molar-refractivity contribution < 1.29 is 17.9 Å². The van der Waals surface area contributed by atoms with Gasteiger partial charge in [-0.1, -0.05) is 18.2 Å². The molecule has 3 aromatic rings. The Balaban J connectivity index is 1.43. The lowest BCUT2D eigenvalue weighted by atomic mass is 10.0. The molecule has 1 atom stereocenters. The quantitative estimate of drug-likeness (QED) is 0.671. The van der Waals surface area contributed by atoms with E-state index in [-0.39, 0.29) is 12.0 Å². The van der Waals surface area contributed by atoms with Crippen LogP contribution in [0.5, 0.6) is 5.75 Å². The molecule has 0 radical (unpaired) electrons. The summed E-state index contributed by atoms with van der Waals surface area (Å²) in [4.78, 5) is 13.3. The smallest absolute Gasteiger partial charge is 0.261 e. The first-order valence-electron chi connectivity index (χ1n) is 9.23. The highest BCUT2D eigenvalue weighted by atomic mass is 32.2. The van der Waals surface area contributed by atoms with Crippen molar-refractivity contribution in [1.29, 1.82) is 0 Å². The Morgan fingerprint density at radius 3 is 2.52 bits per heavy atom. The van der Waals surface area contributed by atoms with Crippen molar-refractivity contribution in [3.05, 3.63) is 69.9 Å². The summed E-state index contributed by atoms with van der Waals surface area (Å²) in [6.07, 6.45) is 1.82. The fourth-order valence-electron chi connectivity index (χ4n) is 3.40.